The molecule has 0 saturated carbocycles. The zero-order chi connectivity index (χ0) is 12.3. The van der Waals surface area contributed by atoms with E-state index in [1.807, 2.05) is 19.2 Å². The monoisotopic (exact) mass is 273 g/mol. The molecule has 0 bridgehead atoms. The molecule has 2 atom stereocenters. The Morgan fingerprint density at radius 3 is 2.94 bits per heavy atom. The molecule has 0 spiro atoms. The molecule has 4 heteroatoms. The van der Waals surface area contributed by atoms with Gasteiger partial charge in [-0.2, -0.15) is 0 Å². The third-order valence-electron chi connectivity index (χ3n) is 3.34. The van der Waals surface area contributed by atoms with Gasteiger partial charge in [0.15, 0.2) is 0 Å². The summed E-state index contributed by atoms with van der Waals surface area (Å²) in [6.07, 6.45) is 1.99. The number of ether oxygens (including phenoxy) is 1. The van der Waals surface area contributed by atoms with Gasteiger partial charge in [-0.3, -0.25) is 0 Å². The van der Waals surface area contributed by atoms with Crippen LogP contribution in [0.4, 0.5) is 0 Å². The molecule has 0 aromatic heterocycles. The summed E-state index contributed by atoms with van der Waals surface area (Å²) in [5.74, 6) is 0.479. The molecule has 0 unspecified atom stereocenters. The van der Waals surface area contributed by atoms with E-state index < -0.39 is 0 Å². The largest absolute Gasteiger partial charge is 0.381 e. The highest BCUT2D eigenvalue weighted by molar-refractivity contribution is 6.35. The second-order valence-electron chi connectivity index (χ2n) is 4.46. The van der Waals surface area contributed by atoms with Crippen molar-refractivity contribution in [1.29, 1.82) is 0 Å². The van der Waals surface area contributed by atoms with Crippen molar-refractivity contribution in [1.82, 2.24) is 5.32 Å². The van der Waals surface area contributed by atoms with Gasteiger partial charge in [0.25, 0.3) is 0 Å². The zero-order valence-corrected chi connectivity index (χ0v) is 11.4. The number of hydrogen-bond acceptors (Lipinski definition) is 2. The molecule has 2 nitrogen and oxygen atoms in total. The number of nitrogens with one attached hydrogen (secondary N) is 1. The minimum absolute atomic E-state index is 0.479. The van der Waals surface area contributed by atoms with E-state index in [1.165, 1.54) is 0 Å². The minimum atomic E-state index is 0.479. The summed E-state index contributed by atoms with van der Waals surface area (Å²) < 4.78 is 5.54. The van der Waals surface area contributed by atoms with Crippen LogP contribution in [0.2, 0.25) is 10.0 Å². The van der Waals surface area contributed by atoms with Crippen LogP contribution in [0, 0.1) is 5.92 Å². The van der Waals surface area contributed by atoms with E-state index >= 15 is 0 Å². The molecule has 1 heterocycles. The first kappa shape index (κ1) is 13.2. The smallest absolute Gasteiger partial charge is 0.0512 e. The lowest BCUT2D eigenvalue weighted by Gasteiger charge is -2.31. The fraction of sp³-hybridized carbons (Fsp3) is 0.538. The van der Waals surface area contributed by atoms with Gasteiger partial charge in [0.2, 0.25) is 0 Å². The van der Waals surface area contributed by atoms with Gasteiger partial charge in [-0.1, -0.05) is 29.3 Å². The quantitative estimate of drug-likeness (QED) is 0.914. The number of hydrogen-bond donors (Lipinski definition) is 1. The van der Waals surface area contributed by atoms with Crippen LogP contribution in [0.15, 0.2) is 18.2 Å². The molecule has 1 fully saturated rings. The molecule has 0 amide bonds. The van der Waals surface area contributed by atoms with Gasteiger partial charge in [0.1, 0.15) is 0 Å². The molecule has 1 aliphatic rings. The molecule has 1 aromatic carbocycles. The maximum absolute atomic E-state index is 6.19. The van der Waals surface area contributed by atoms with Crippen molar-refractivity contribution >= 4 is 23.2 Å². The SMILES string of the molecule is CN[C@@H]1CCOC[C@@H]1Cc1ccc(Cl)cc1Cl. The number of rotatable bonds is 3. The maximum atomic E-state index is 6.19. The van der Waals surface area contributed by atoms with E-state index in [4.69, 9.17) is 27.9 Å². The Balaban J connectivity index is 2.08. The van der Waals surface area contributed by atoms with Crippen molar-refractivity contribution in [2.45, 2.75) is 18.9 Å². The second kappa shape index (κ2) is 6.05. The molecule has 17 heavy (non-hydrogen) atoms. The highest BCUT2D eigenvalue weighted by Crippen LogP contribution is 2.26. The zero-order valence-electron chi connectivity index (χ0n) is 9.88. The van der Waals surface area contributed by atoms with Gasteiger partial charge in [-0.25, -0.2) is 0 Å². The number of halogens is 2. The average Bonchev–Trinajstić information content (AvgIpc) is 2.33. The van der Waals surface area contributed by atoms with E-state index in [9.17, 15) is 0 Å². The molecule has 1 saturated heterocycles. The Bertz CT molecular complexity index is 384. The predicted octanol–water partition coefficient (Wildman–Crippen LogP) is 3.16. The highest BCUT2D eigenvalue weighted by Gasteiger charge is 2.25. The van der Waals surface area contributed by atoms with Crippen molar-refractivity contribution in [3.8, 4) is 0 Å². The molecular weight excluding hydrogens is 257 g/mol. The summed E-state index contributed by atoms with van der Waals surface area (Å²) in [6.45, 7) is 1.64. The molecule has 94 valence electrons. The van der Waals surface area contributed by atoms with Crippen molar-refractivity contribution < 1.29 is 4.74 Å². The van der Waals surface area contributed by atoms with Crippen LogP contribution < -0.4 is 5.32 Å². The molecular formula is C13H17Cl2NO. The van der Waals surface area contributed by atoms with Gasteiger partial charge in [0.05, 0.1) is 6.61 Å². The Kier molecular flexibility index (Phi) is 4.69. The van der Waals surface area contributed by atoms with E-state index in [0.29, 0.717) is 17.0 Å². The van der Waals surface area contributed by atoms with Gasteiger partial charge >= 0.3 is 0 Å². The van der Waals surface area contributed by atoms with Crippen LogP contribution in [-0.2, 0) is 11.2 Å². The van der Waals surface area contributed by atoms with Crippen LogP contribution in [0.25, 0.3) is 0 Å². The summed E-state index contributed by atoms with van der Waals surface area (Å²) in [4.78, 5) is 0. The Labute approximate surface area is 112 Å². The standard InChI is InChI=1S/C13H17Cl2NO/c1-16-13-4-5-17-8-10(13)6-9-2-3-11(14)7-12(9)15/h2-3,7,10,13,16H,4-6,8H2,1H3/t10-,13+/m0/s1. The van der Waals surface area contributed by atoms with Crippen molar-refractivity contribution in [2.24, 2.45) is 5.92 Å². The van der Waals surface area contributed by atoms with E-state index in [-0.39, 0.29) is 0 Å². The Morgan fingerprint density at radius 1 is 1.41 bits per heavy atom. The van der Waals surface area contributed by atoms with Crippen molar-refractivity contribution in [2.75, 3.05) is 20.3 Å². The van der Waals surface area contributed by atoms with Gasteiger partial charge in [0, 0.05) is 28.6 Å². The first-order valence-corrected chi connectivity index (χ1v) is 6.65. The summed E-state index contributed by atoms with van der Waals surface area (Å²) in [5, 5.41) is 4.79. The fourth-order valence-corrected chi connectivity index (χ4v) is 2.83. The normalized spacial score (nSPS) is 24.9. The van der Waals surface area contributed by atoms with Gasteiger partial charge in [-0.05, 0) is 37.6 Å². The van der Waals surface area contributed by atoms with Crippen LogP contribution in [0.5, 0.6) is 0 Å². The molecule has 1 N–H and O–H groups in total. The van der Waals surface area contributed by atoms with Crippen LogP contribution >= 0.6 is 23.2 Å². The third kappa shape index (κ3) is 3.35. The first-order chi connectivity index (χ1) is 8.20. The number of benzene rings is 1. The van der Waals surface area contributed by atoms with Crippen molar-refractivity contribution in [3.05, 3.63) is 33.8 Å². The lowest BCUT2D eigenvalue weighted by molar-refractivity contribution is 0.0342. The maximum Gasteiger partial charge on any atom is 0.0512 e. The van der Waals surface area contributed by atoms with E-state index in [0.717, 1.165) is 36.6 Å². The van der Waals surface area contributed by atoms with E-state index in [2.05, 4.69) is 5.32 Å². The van der Waals surface area contributed by atoms with Crippen LogP contribution in [0.1, 0.15) is 12.0 Å². The third-order valence-corrected chi connectivity index (χ3v) is 3.93. The predicted molar refractivity (Wildman–Crippen MR) is 71.9 cm³/mol. The lowest BCUT2D eigenvalue weighted by atomic mass is 9.89. The molecule has 1 aliphatic heterocycles. The molecule has 2 rings (SSSR count). The summed E-state index contributed by atoms with van der Waals surface area (Å²) >= 11 is 12.1. The Hall–Kier alpha value is -0.280. The fourth-order valence-electron chi connectivity index (χ4n) is 2.35. The summed E-state index contributed by atoms with van der Waals surface area (Å²) in [5.41, 5.74) is 1.15. The van der Waals surface area contributed by atoms with Crippen molar-refractivity contribution in [3.63, 3.8) is 0 Å². The topological polar surface area (TPSA) is 21.3 Å². The second-order valence-corrected chi connectivity index (χ2v) is 5.30. The van der Waals surface area contributed by atoms with Gasteiger partial charge < -0.3 is 10.1 Å². The lowest BCUT2D eigenvalue weighted by Crippen LogP contribution is -2.41. The van der Waals surface area contributed by atoms with Crippen LogP contribution in [0.3, 0.4) is 0 Å². The molecule has 0 radical (unpaired) electrons. The summed E-state index contributed by atoms with van der Waals surface area (Å²) in [6, 6.07) is 6.21. The average molecular weight is 274 g/mol. The van der Waals surface area contributed by atoms with Crippen LogP contribution in [-0.4, -0.2) is 26.3 Å². The van der Waals surface area contributed by atoms with E-state index in [1.54, 1.807) is 6.07 Å². The van der Waals surface area contributed by atoms with Gasteiger partial charge in [-0.15, -0.1) is 0 Å². The Morgan fingerprint density at radius 2 is 2.24 bits per heavy atom. The molecule has 0 aliphatic carbocycles. The highest BCUT2D eigenvalue weighted by atomic mass is 35.5. The first-order valence-electron chi connectivity index (χ1n) is 5.89. The summed E-state index contributed by atoms with van der Waals surface area (Å²) in [7, 11) is 2.01. The molecule has 1 aromatic rings. The minimum Gasteiger partial charge on any atom is -0.381 e.